The Morgan fingerprint density at radius 3 is 2.84 bits per heavy atom. The Kier molecular flexibility index (Phi) is 2.82. The highest BCUT2D eigenvalue weighted by molar-refractivity contribution is 5.42. The number of aromatic nitrogens is 2. The van der Waals surface area contributed by atoms with Crippen LogP contribution in [0.1, 0.15) is 31.1 Å². The maximum absolute atomic E-state index is 6.02. The molecule has 1 unspecified atom stereocenters. The SMILES string of the molecule is Cn1nccc1CNC1c2ccccc2OC1(C)C. The number of nitrogens with zero attached hydrogens (tertiary/aromatic N) is 2. The Bertz CT molecular complexity index is 589. The fourth-order valence-electron chi connectivity index (χ4n) is 2.67. The number of aryl methyl sites for hydroxylation is 1. The number of hydrogen-bond acceptors (Lipinski definition) is 3. The molecule has 1 aromatic carbocycles. The lowest BCUT2D eigenvalue weighted by atomic mass is 9.94. The van der Waals surface area contributed by atoms with Gasteiger partial charge in [-0.2, -0.15) is 5.10 Å². The molecule has 4 nitrogen and oxygen atoms in total. The monoisotopic (exact) mass is 257 g/mol. The third-order valence-corrected chi connectivity index (χ3v) is 3.71. The molecule has 0 radical (unpaired) electrons. The predicted molar refractivity (Wildman–Crippen MR) is 73.9 cm³/mol. The molecule has 0 spiro atoms. The molecule has 0 aliphatic carbocycles. The van der Waals surface area contributed by atoms with Gasteiger partial charge in [-0.05, 0) is 26.0 Å². The van der Waals surface area contributed by atoms with Gasteiger partial charge in [-0.25, -0.2) is 0 Å². The fourth-order valence-corrected chi connectivity index (χ4v) is 2.67. The van der Waals surface area contributed by atoms with Gasteiger partial charge in [0.1, 0.15) is 11.4 Å². The van der Waals surface area contributed by atoms with E-state index in [0.717, 1.165) is 12.3 Å². The third-order valence-electron chi connectivity index (χ3n) is 3.71. The topological polar surface area (TPSA) is 39.1 Å². The van der Waals surface area contributed by atoms with Crippen LogP contribution in [-0.4, -0.2) is 15.4 Å². The average Bonchev–Trinajstić information content (AvgIpc) is 2.87. The molecule has 2 aromatic rings. The third kappa shape index (κ3) is 2.12. The van der Waals surface area contributed by atoms with Crippen LogP contribution in [-0.2, 0) is 13.6 Å². The molecule has 1 atom stereocenters. The lowest BCUT2D eigenvalue weighted by Gasteiger charge is -2.27. The molecule has 1 aliphatic heterocycles. The van der Waals surface area contributed by atoms with Crippen molar-refractivity contribution in [2.45, 2.75) is 32.0 Å². The molecule has 0 saturated carbocycles. The standard InChI is InChI=1S/C15H19N3O/c1-15(2)14(12-6-4-5-7-13(12)19-15)16-10-11-8-9-17-18(11)3/h4-9,14,16H,10H2,1-3H3. The molecule has 0 amide bonds. The van der Waals surface area contributed by atoms with Crippen LogP contribution < -0.4 is 10.1 Å². The van der Waals surface area contributed by atoms with Crippen LogP contribution in [0.4, 0.5) is 0 Å². The quantitative estimate of drug-likeness (QED) is 0.918. The van der Waals surface area contributed by atoms with Gasteiger partial charge < -0.3 is 10.1 Å². The van der Waals surface area contributed by atoms with Gasteiger partial charge in [-0.15, -0.1) is 0 Å². The van der Waals surface area contributed by atoms with Gasteiger partial charge in [0.05, 0.1) is 11.7 Å². The van der Waals surface area contributed by atoms with Crippen LogP contribution in [0.15, 0.2) is 36.5 Å². The van der Waals surface area contributed by atoms with Crippen LogP contribution in [0.2, 0.25) is 0 Å². The number of hydrogen-bond donors (Lipinski definition) is 1. The zero-order chi connectivity index (χ0) is 13.5. The Labute approximate surface area is 113 Å². The number of fused-ring (bicyclic) bond motifs is 1. The van der Waals surface area contributed by atoms with Crippen molar-refractivity contribution in [2.75, 3.05) is 0 Å². The summed E-state index contributed by atoms with van der Waals surface area (Å²) in [6.45, 7) is 5.02. The first kappa shape index (κ1) is 12.2. The van der Waals surface area contributed by atoms with Crippen molar-refractivity contribution in [3.05, 3.63) is 47.8 Å². The second-order valence-corrected chi connectivity index (χ2v) is 5.50. The van der Waals surface area contributed by atoms with Gasteiger partial charge >= 0.3 is 0 Å². The van der Waals surface area contributed by atoms with Crippen molar-refractivity contribution in [2.24, 2.45) is 7.05 Å². The van der Waals surface area contributed by atoms with Gasteiger partial charge in [0, 0.05) is 25.4 Å². The minimum absolute atomic E-state index is 0.193. The van der Waals surface area contributed by atoms with Crippen molar-refractivity contribution in [3.63, 3.8) is 0 Å². The van der Waals surface area contributed by atoms with Crippen molar-refractivity contribution >= 4 is 0 Å². The van der Waals surface area contributed by atoms with E-state index in [1.165, 1.54) is 11.3 Å². The van der Waals surface area contributed by atoms with Crippen molar-refractivity contribution < 1.29 is 4.74 Å². The second kappa shape index (κ2) is 4.38. The smallest absolute Gasteiger partial charge is 0.125 e. The van der Waals surface area contributed by atoms with Crippen LogP contribution in [0.3, 0.4) is 0 Å². The molecule has 0 bridgehead atoms. The first-order chi connectivity index (χ1) is 9.08. The van der Waals surface area contributed by atoms with E-state index in [1.807, 2.05) is 36.1 Å². The Hall–Kier alpha value is -1.81. The maximum atomic E-state index is 6.02. The molecule has 1 aromatic heterocycles. The minimum atomic E-state index is -0.234. The van der Waals surface area contributed by atoms with Crippen LogP contribution >= 0.6 is 0 Å². The minimum Gasteiger partial charge on any atom is -0.486 e. The summed E-state index contributed by atoms with van der Waals surface area (Å²) in [6, 6.07) is 10.5. The fraction of sp³-hybridized carbons (Fsp3) is 0.400. The molecule has 0 fully saturated rings. The number of benzene rings is 1. The van der Waals surface area contributed by atoms with E-state index in [2.05, 4.69) is 36.4 Å². The maximum Gasteiger partial charge on any atom is 0.125 e. The molecular formula is C15H19N3O. The van der Waals surface area contributed by atoms with Crippen LogP contribution in [0.5, 0.6) is 5.75 Å². The molecular weight excluding hydrogens is 238 g/mol. The highest BCUT2D eigenvalue weighted by atomic mass is 16.5. The largest absolute Gasteiger partial charge is 0.486 e. The highest BCUT2D eigenvalue weighted by Crippen LogP contribution is 2.42. The summed E-state index contributed by atoms with van der Waals surface area (Å²) in [5, 5.41) is 7.77. The van der Waals surface area contributed by atoms with Crippen molar-refractivity contribution in [3.8, 4) is 5.75 Å². The molecule has 3 rings (SSSR count). The van der Waals surface area contributed by atoms with E-state index in [0.29, 0.717) is 0 Å². The summed E-state index contributed by atoms with van der Waals surface area (Å²) in [4.78, 5) is 0. The van der Waals surface area contributed by atoms with E-state index < -0.39 is 0 Å². The van der Waals surface area contributed by atoms with Gasteiger partial charge in [-0.1, -0.05) is 18.2 Å². The van der Waals surface area contributed by atoms with Gasteiger partial charge in [0.2, 0.25) is 0 Å². The first-order valence-electron chi connectivity index (χ1n) is 6.56. The van der Waals surface area contributed by atoms with Gasteiger partial charge in [0.25, 0.3) is 0 Å². The van der Waals surface area contributed by atoms with E-state index in [-0.39, 0.29) is 11.6 Å². The van der Waals surface area contributed by atoms with Crippen molar-refractivity contribution in [1.29, 1.82) is 0 Å². The summed E-state index contributed by atoms with van der Waals surface area (Å²) >= 11 is 0. The molecule has 4 heteroatoms. The molecule has 0 saturated heterocycles. The van der Waals surface area contributed by atoms with E-state index in [4.69, 9.17) is 4.74 Å². The molecule has 1 N–H and O–H groups in total. The van der Waals surface area contributed by atoms with Gasteiger partial charge in [-0.3, -0.25) is 4.68 Å². The zero-order valence-electron chi connectivity index (χ0n) is 11.6. The summed E-state index contributed by atoms with van der Waals surface area (Å²) < 4.78 is 7.91. The number of nitrogens with one attached hydrogen (secondary N) is 1. The lowest BCUT2D eigenvalue weighted by Crippen LogP contribution is -2.39. The lowest BCUT2D eigenvalue weighted by molar-refractivity contribution is 0.0955. The number of rotatable bonds is 3. The van der Waals surface area contributed by atoms with E-state index in [1.54, 1.807) is 0 Å². The number of ether oxygens (including phenoxy) is 1. The summed E-state index contributed by atoms with van der Waals surface area (Å²) in [6.07, 6.45) is 1.82. The Morgan fingerprint density at radius 1 is 1.32 bits per heavy atom. The normalized spacial score (nSPS) is 20.1. The molecule has 2 heterocycles. The van der Waals surface area contributed by atoms with Crippen LogP contribution in [0.25, 0.3) is 0 Å². The van der Waals surface area contributed by atoms with Crippen LogP contribution in [0, 0.1) is 0 Å². The second-order valence-electron chi connectivity index (χ2n) is 5.50. The van der Waals surface area contributed by atoms with Gasteiger partial charge in [0.15, 0.2) is 0 Å². The molecule has 1 aliphatic rings. The Morgan fingerprint density at radius 2 is 2.11 bits per heavy atom. The average molecular weight is 257 g/mol. The number of para-hydroxylation sites is 1. The molecule has 100 valence electrons. The first-order valence-corrected chi connectivity index (χ1v) is 6.56. The summed E-state index contributed by atoms with van der Waals surface area (Å²) in [5.74, 6) is 0.981. The van der Waals surface area contributed by atoms with Crippen molar-refractivity contribution in [1.82, 2.24) is 15.1 Å². The summed E-state index contributed by atoms with van der Waals surface area (Å²) in [5.41, 5.74) is 2.16. The van der Waals surface area contributed by atoms with E-state index >= 15 is 0 Å². The van der Waals surface area contributed by atoms with E-state index in [9.17, 15) is 0 Å². The molecule has 19 heavy (non-hydrogen) atoms. The predicted octanol–water partition coefficient (Wildman–Crippen LogP) is 2.42. The zero-order valence-corrected chi connectivity index (χ0v) is 11.6. The highest BCUT2D eigenvalue weighted by Gasteiger charge is 2.40. The summed E-state index contributed by atoms with van der Waals surface area (Å²) in [7, 11) is 1.96. The Balaban J connectivity index is 1.82.